The van der Waals surface area contributed by atoms with E-state index in [-0.39, 0.29) is 5.97 Å². The highest BCUT2D eigenvalue weighted by Crippen LogP contribution is 2.30. The van der Waals surface area contributed by atoms with Crippen LogP contribution in [0.15, 0.2) is 12.1 Å². The van der Waals surface area contributed by atoms with Gasteiger partial charge in [-0.05, 0) is 58.2 Å². The van der Waals surface area contributed by atoms with Crippen LogP contribution >= 0.6 is 0 Å². The SMILES string of the molecule is CCN(c1cc(C#N)cc(C(=O)OC)c1C)C1CCN(C(C)C)CC1. The molecule has 5 heteroatoms. The summed E-state index contributed by atoms with van der Waals surface area (Å²) in [4.78, 5) is 17.0. The lowest BCUT2D eigenvalue weighted by Crippen LogP contribution is -2.47. The van der Waals surface area contributed by atoms with Gasteiger partial charge in [0.05, 0.1) is 24.3 Å². The quantitative estimate of drug-likeness (QED) is 0.767. The number of methoxy groups -OCH3 is 1. The van der Waals surface area contributed by atoms with Crippen molar-refractivity contribution >= 4 is 11.7 Å². The zero-order chi connectivity index (χ0) is 18.6. The predicted octanol–water partition coefficient (Wildman–Crippen LogP) is 3.35. The summed E-state index contributed by atoms with van der Waals surface area (Å²) < 4.78 is 4.90. The van der Waals surface area contributed by atoms with Gasteiger partial charge >= 0.3 is 5.97 Å². The molecule has 0 atom stereocenters. The van der Waals surface area contributed by atoms with Crippen LogP contribution < -0.4 is 4.90 Å². The van der Waals surface area contributed by atoms with Gasteiger partial charge in [0.15, 0.2) is 0 Å². The molecule has 1 saturated heterocycles. The van der Waals surface area contributed by atoms with Gasteiger partial charge in [0.1, 0.15) is 0 Å². The second-order valence-electron chi connectivity index (χ2n) is 6.92. The Morgan fingerprint density at radius 3 is 2.52 bits per heavy atom. The van der Waals surface area contributed by atoms with Crippen LogP contribution in [0.2, 0.25) is 0 Å². The van der Waals surface area contributed by atoms with Gasteiger partial charge in [0.2, 0.25) is 0 Å². The van der Waals surface area contributed by atoms with Crippen molar-refractivity contribution in [1.29, 1.82) is 5.26 Å². The summed E-state index contributed by atoms with van der Waals surface area (Å²) in [6, 6.07) is 6.71. The molecular formula is C20H29N3O2. The molecule has 136 valence electrons. The minimum absolute atomic E-state index is 0.387. The first-order chi connectivity index (χ1) is 11.9. The van der Waals surface area contributed by atoms with Gasteiger partial charge in [-0.3, -0.25) is 0 Å². The number of benzene rings is 1. The van der Waals surface area contributed by atoms with E-state index in [2.05, 4.69) is 36.6 Å². The number of piperidine rings is 1. The molecule has 1 aromatic carbocycles. The number of hydrogen-bond donors (Lipinski definition) is 0. The van der Waals surface area contributed by atoms with E-state index in [4.69, 9.17) is 4.74 Å². The second kappa shape index (κ2) is 8.35. The van der Waals surface area contributed by atoms with Crippen molar-refractivity contribution < 1.29 is 9.53 Å². The first-order valence-electron chi connectivity index (χ1n) is 9.06. The average Bonchev–Trinajstić information content (AvgIpc) is 2.63. The molecule has 0 saturated carbocycles. The van der Waals surface area contributed by atoms with E-state index in [1.807, 2.05) is 13.0 Å². The number of nitriles is 1. The number of anilines is 1. The van der Waals surface area contributed by atoms with Crippen molar-refractivity contribution in [3.63, 3.8) is 0 Å². The zero-order valence-electron chi connectivity index (χ0n) is 16.0. The highest BCUT2D eigenvalue weighted by Gasteiger charge is 2.27. The third-order valence-corrected chi connectivity index (χ3v) is 5.23. The van der Waals surface area contributed by atoms with Crippen molar-refractivity contribution in [2.24, 2.45) is 0 Å². The second-order valence-corrected chi connectivity index (χ2v) is 6.92. The van der Waals surface area contributed by atoms with Crippen LogP contribution in [0.5, 0.6) is 0 Å². The average molecular weight is 343 g/mol. The van der Waals surface area contributed by atoms with Gasteiger partial charge in [0, 0.05) is 37.4 Å². The molecule has 0 aromatic heterocycles. The lowest BCUT2D eigenvalue weighted by Gasteiger charge is -2.41. The zero-order valence-corrected chi connectivity index (χ0v) is 16.0. The van der Waals surface area contributed by atoms with Gasteiger partial charge in [-0.15, -0.1) is 0 Å². The topological polar surface area (TPSA) is 56.6 Å². The van der Waals surface area contributed by atoms with E-state index in [0.29, 0.717) is 23.2 Å². The van der Waals surface area contributed by atoms with Gasteiger partial charge in [-0.1, -0.05) is 0 Å². The summed E-state index contributed by atoms with van der Waals surface area (Å²) in [5.41, 5.74) is 2.85. The Labute approximate surface area is 151 Å². The molecule has 1 fully saturated rings. The lowest BCUT2D eigenvalue weighted by atomic mass is 9.97. The Hall–Kier alpha value is -2.06. The largest absolute Gasteiger partial charge is 0.465 e. The van der Waals surface area contributed by atoms with E-state index in [1.54, 1.807) is 6.07 Å². The van der Waals surface area contributed by atoms with E-state index in [0.717, 1.165) is 43.7 Å². The van der Waals surface area contributed by atoms with E-state index in [1.165, 1.54) is 7.11 Å². The maximum Gasteiger partial charge on any atom is 0.338 e. The fourth-order valence-electron chi connectivity index (χ4n) is 3.72. The molecule has 0 bridgehead atoms. The van der Waals surface area contributed by atoms with E-state index < -0.39 is 0 Å². The summed E-state index contributed by atoms with van der Waals surface area (Å²) >= 11 is 0. The third-order valence-electron chi connectivity index (χ3n) is 5.23. The minimum Gasteiger partial charge on any atom is -0.465 e. The minimum atomic E-state index is -0.387. The van der Waals surface area contributed by atoms with Gasteiger partial charge < -0.3 is 14.5 Å². The summed E-state index contributed by atoms with van der Waals surface area (Å²) in [6.45, 7) is 11.6. The number of esters is 1. The Balaban J connectivity index is 2.34. The van der Waals surface area contributed by atoms with Crippen LogP contribution in [0.3, 0.4) is 0 Å². The molecule has 0 amide bonds. The van der Waals surface area contributed by atoms with E-state index in [9.17, 15) is 10.1 Å². The number of ether oxygens (including phenoxy) is 1. The van der Waals surface area contributed by atoms with Crippen molar-refractivity contribution in [3.05, 3.63) is 28.8 Å². The van der Waals surface area contributed by atoms with Gasteiger partial charge in [0.25, 0.3) is 0 Å². The van der Waals surface area contributed by atoms with Crippen LogP contribution in [0.4, 0.5) is 5.69 Å². The lowest BCUT2D eigenvalue weighted by molar-refractivity contribution is 0.0600. The van der Waals surface area contributed by atoms with Gasteiger partial charge in [-0.2, -0.15) is 5.26 Å². The Kier molecular flexibility index (Phi) is 6.44. The molecule has 0 spiro atoms. The molecule has 0 N–H and O–H groups in total. The normalized spacial score (nSPS) is 15.9. The van der Waals surface area contributed by atoms with Crippen LogP contribution in [-0.4, -0.2) is 49.7 Å². The summed E-state index contributed by atoms with van der Waals surface area (Å²) in [5, 5.41) is 9.37. The standard InChI is InChI=1S/C20H29N3O2/c1-6-23(17-7-9-22(10-8-17)14(2)3)19-12-16(13-21)11-18(15(19)4)20(24)25-5/h11-12,14,17H,6-10H2,1-5H3. The Morgan fingerprint density at radius 2 is 2.04 bits per heavy atom. The van der Waals surface area contributed by atoms with E-state index >= 15 is 0 Å². The maximum absolute atomic E-state index is 12.1. The summed E-state index contributed by atoms with van der Waals surface area (Å²) in [7, 11) is 1.37. The van der Waals surface area contributed by atoms with Crippen molar-refractivity contribution in [2.75, 3.05) is 31.6 Å². The first-order valence-corrected chi connectivity index (χ1v) is 9.06. The molecule has 0 aliphatic carbocycles. The fraction of sp³-hybridized carbons (Fsp3) is 0.600. The highest BCUT2D eigenvalue weighted by atomic mass is 16.5. The van der Waals surface area contributed by atoms with Crippen LogP contribution in [0.25, 0.3) is 0 Å². The molecule has 1 heterocycles. The van der Waals surface area contributed by atoms with Crippen LogP contribution in [-0.2, 0) is 4.74 Å². The summed E-state index contributed by atoms with van der Waals surface area (Å²) in [5.74, 6) is -0.387. The molecule has 1 aromatic rings. The number of likely N-dealkylation sites (tertiary alicyclic amines) is 1. The van der Waals surface area contributed by atoms with Gasteiger partial charge in [-0.25, -0.2) is 4.79 Å². The van der Waals surface area contributed by atoms with Crippen molar-refractivity contribution in [3.8, 4) is 6.07 Å². The molecule has 1 aliphatic heterocycles. The third kappa shape index (κ3) is 4.13. The Bertz CT molecular complexity index is 656. The number of carbonyl (C=O) groups excluding carboxylic acids is 1. The van der Waals surface area contributed by atoms with Crippen LogP contribution in [0.1, 0.15) is 55.1 Å². The molecule has 0 radical (unpaired) electrons. The molecule has 1 aliphatic rings. The number of rotatable bonds is 5. The number of carbonyl (C=O) groups is 1. The monoisotopic (exact) mass is 343 g/mol. The molecule has 0 unspecified atom stereocenters. The highest BCUT2D eigenvalue weighted by molar-refractivity contribution is 5.93. The number of hydrogen-bond acceptors (Lipinski definition) is 5. The Morgan fingerprint density at radius 1 is 1.40 bits per heavy atom. The maximum atomic E-state index is 12.1. The fourth-order valence-corrected chi connectivity index (χ4v) is 3.72. The molecular weight excluding hydrogens is 314 g/mol. The number of nitrogens with zero attached hydrogens (tertiary/aromatic N) is 3. The molecule has 2 rings (SSSR count). The first kappa shape index (κ1) is 19.3. The van der Waals surface area contributed by atoms with Crippen LogP contribution in [0, 0.1) is 18.3 Å². The molecule has 25 heavy (non-hydrogen) atoms. The molecule has 5 nitrogen and oxygen atoms in total. The smallest absolute Gasteiger partial charge is 0.338 e. The van der Waals surface area contributed by atoms with Crippen molar-refractivity contribution in [1.82, 2.24) is 4.90 Å². The van der Waals surface area contributed by atoms with Crippen molar-refractivity contribution in [2.45, 2.75) is 52.6 Å². The predicted molar refractivity (Wildman–Crippen MR) is 100.0 cm³/mol. The summed E-state index contributed by atoms with van der Waals surface area (Å²) in [6.07, 6.45) is 2.19.